The first kappa shape index (κ1) is 15.6. The Morgan fingerprint density at radius 1 is 1.33 bits per heavy atom. The highest BCUT2D eigenvalue weighted by Gasteiger charge is 2.28. The second-order valence-electron chi connectivity index (χ2n) is 6.14. The molecule has 1 aliphatic carbocycles. The van der Waals surface area contributed by atoms with Crippen molar-refractivity contribution >= 4 is 17.3 Å². The predicted molar refractivity (Wildman–Crippen MR) is 85.4 cm³/mol. The number of hydrogen-bond acceptors (Lipinski definition) is 4. The molecule has 2 rings (SSSR count). The number of aliphatic hydroxyl groups is 1. The zero-order chi connectivity index (χ0) is 15.5. The number of amides is 1. The summed E-state index contributed by atoms with van der Waals surface area (Å²) in [5, 5.41) is 13.7. The van der Waals surface area contributed by atoms with Gasteiger partial charge in [-0.25, -0.2) is 0 Å². The summed E-state index contributed by atoms with van der Waals surface area (Å²) in [7, 11) is 3.42. The topological polar surface area (TPSA) is 78.6 Å². The van der Waals surface area contributed by atoms with Crippen molar-refractivity contribution in [3.05, 3.63) is 23.8 Å². The Balaban J connectivity index is 2.02. The van der Waals surface area contributed by atoms with Crippen LogP contribution in [0, 0.1) is 0 Å². The van der Waals surface area contributed by atoms with E-state index < -0.39 is 5.60 Å². The molecule has 21 heavy (non-hydrogen) atoms. The lowest BCUT2D eigenvalue weighted by Gasteiger charge is -2.32. The number of nitrogens with zero attached hydrogens (tertiary/aromatic N) is 1. The molecule has 5 nitrogen and oxygen atoms in total. The molecule has 116 valence electrons. The second-order valence-corrected chi connectivity index (χ2v) is 6.14. The summed E-state index contributed by atoms with van der Waals surface area (Å²) in [5.41, 5.74) is 7.23. The first-order valence-electron chi connectivity index (χ1n) is 7.49. The van der Waals surface area contributed by atoms with Gasteiger partial charge in [0.2, 0.25) is 0 Å². The Morgan fingerprint density at radius 2 is 2.00 bits per heavy atom. The maximum Gasteiger partial charge on any atom is 0.253 e. The molecule has 1 aromatic rings. The predicted octanol–water partition coefficient (Wildman–Crippen LogP) is 2.08. The van der Waals surface area contributed by atoms with Gasteiger partial charge in [-0.3, -0.25) is 4.79 Å². The van der Waals surface area contributed by atoms with Crippen LogP contribution < -0.4 is 11.1 Å². The molecule has 1 amide bonds. The maximum absolute atomic E-state index is 11.9. The lowest BCUT2D eigenvalue weighted by Crippen LogP contribution is -2.38. The third kappa shape index (κ3) is 3.88. The molecule has 0 aliphatic heterocycles. The fourth-order valence-electron chi connectivity index (χ4n) is 2.76. The van der Waals surface area contributed by atoms with Crippen LogP contribution in [-0.4, -0.2) is 42.2 Å². The summed E-state index contributed by atoms with van der Waals surface area (Å²) in [6.45, 7) is 0.498. The average Bonchev–Trinajstić information content (AvgIpc) is 2.46. The summed E-state index contributed by atoms with van der Waals surface area (Å²) >= 11 is 0. The van der Waals surface area contributed by atoms with Gasteiger partial charge in [-0.2, -0.15) is 0 Å². The number of nitrogens with two attached hydrogens (primary N) is 1. The standard InChI is InChI=1S/C16H25N3O2/c1-19(2)15(20)12-6-7-14(13(17)10-12)18-11-16(21)8-4-3-5-9-16/h6-7,10,18,21H,3-5,8-9,11,17H2,1-2H3. The Kier molecular flexibility index (Phi) is 4.73. The molecule has 5 heteroatoms. The number of hydrogen-bond donors (Lipinski definition) is 3. The van der Waals surface area contributed by atoms with Gasteiger partial charge in [0.15, 0.2) is 0 Å². The SMILES string of the molecule is CN(C)C(=O)c1ccc(NCC2(O)CCCCC2)c(N)c1. The van der Waals surface area contributed by atoms with E-state index >= 15 is 0 Å². The van der Waals surface area contributed by atoms with Crippen molar-refractivity contribution in [3.8, 4) is 0 Å². The minimum atomic E-state index is -0.636. The molecule has 0 unspecified atom stereocenters. The number of rotatable bonds is 4. The number of anilines is 2. The molecule has 0 heterocycles. The molecule has 0 bridgehead atoms. The van der Waals surface area contributed by atoms with Gasteiger partial charge in [0.1, 0.15) is 0 Å². The smallest absolute Gasteiger partial charge is 0.253 e. The van der Waals surface area contributed by atoms with Crippen molar-refractivity contribution < 1.29 is 9.90 Å². The van der Waals surface area contributed by atoms with E-state index in [9.17, 15) is 9.90 Å². The average molecular weight is 291 g/mol. The van der Waals surface area contributed by atoms with Gasteiger partial charge in [0.05, 0.1) is 17.0 Å². The number of nitrogen functional groups attached to an aromatic ring is 1. The molecule has 0 aromatic heterocycles. The maximum atomic E-state index is 11.9. The molecule has 0 saturated heterocycles. The minimum absolute atomic E-state index is 0.0702. The van der Waals surface area contributed by atoms with Crippen LogP contribution in [0.2, 0.25) is 0 Å². The van der Waals surface area contributed by atoms with Gasteiger partial charge < -0.3 is 21.1 Å². The highest BCUT2D eigenvalue weighted by molar-refractivity contribution is 5.95. The summed E-state index contributed by atoms with van der Waals surface area (Å²) < 4.78 is 0. The molecule has 1 aliphatic rings. The minimum Gasteiger partial charge on any atom is -0.397 e. The number of nitrogens with one attached hydrogen (secondary N) is 1. The number of benzene rings is 1. The van der Waals surface area contributed by atoms with E-state index in [1.807, 2.05) is 0 Å². The van der Waals surface area contributed by atoms with Crippen molar-refractivity contribution in [1.82, 2.24) is 4.90 Å². The van der Waals surface area contributed by atoms with Crippen LogP contribution in [0.15, 0.2) is 18.2 Å². The van der Waals surface area contributed by atoms with Crippen LogP contribution in [0.1, 0.15) is 42.5 Å². The highest BCUT2D eigenvalue weighted by atomic mass is 16.3. The van der Waals surface area contributed by atoms with Crippen molar-refractivity contribution in [1.29, 1.82) is 0 Å². The largest absolute Gasteiger partial charge is 0.397 e. The van der Waals surface area contributed by atoms with Crippen LogP contribution >= 0.6 is 0 Å². The Morgan fingerprint density at radius 3 is 2.57 bits per heavy atom. The van der Waals surface area contributed by atoms with E-state index in [1.165, 1.54) is 11.3 Å². The molecule has 0 atom stereocenters. The van der Waals surface area contributed by atoms with Crippen LogP contribution in [-0.2, 0) is 0 Å². The normalized spacial score (nSPS) is 17.3. The summed E-state index contributed by atoms with van der Waals surface area (Å²) in [4.78, 5) is 13.4. The summed E-state index contributed by atoms with van der Waals surface area (Å²) in [5.74, 6) is -0.0702. The number of carbonyl (C=O) groups excluding carboxylic acids is 1. The van der Waals surface area contributed by atoms with Gasteiger partial charge >= 0.3 is 0 Å². The van der Waals surface area contributed by atoms with E-state index in [2.05, 4.69) is 5.32 Å². The van der Waals surface area contributed by atoms with Crippen LogP contribution in [0.3, 0.4) is 0 Å². The van der Waals surface area contributed by atoms with Gasteiger partial charge in [-0.05, 0) is 31.0 Å². The van der Waals surface area contributed by atoms with Crippen LogP contribution in [0.4, 0.5) is 11.4 Å². The molecule has 1 fully saturated rings. The zero-order valence-electron chi connectivity index (χ0n) is 12.9. The fourth-order valence-corrected chi connectivity index (χ4v) is 2.76. The van der Waals surface area contributed by atoms with Gasteiger partial charge in [-0.15, -0.1) is 0 Å². The van der Waals surface area contributed by atoms with E-state index in [1.54, 1.807) is 32.3 Å². The Labute approximate surface area is 126 Å². The molecule has 4 N–H and O–H groups in total. The van der Waals surface area contributed by atoms with Crippen LogP contribution in [0.5, 0.6) is 0 Å². The molecule has 1 saturated carbocycles. The van der Waals surface area contributed by atoms with Crippen molar-refractivity contribution in [2.45, 2.75) is 37.7 Å². The first-order chi connectivity index (χ1) is 9.91. The van der Waals surface area contributed by atoms with E-state index in [-0.39, 0.29) is 5.91 Å². The van der Waals surface area contributed by atoms with Gasteiger partial charge in [-0.1, -0.05) is 19.3 Å². The van der Waals surface area contributed by atoms with E-state index in [4.69, 9.17) is 5.73 Å². The molecular weight excluding hydrogens is 266 g/mol. The zero-order valence-corrected chi connectivity index (χ0v) is 12.9. The van der Waals surface area contributed by atoms with Crippen molar-refractivity contribution in [3.63, 3.8) is 0 Å². The highest BCUT2D eigenvalue weighted by Crippen LogP contribution is 2.29. The summed E-state index contributed by atoms with van der Waals surface area (Å²) in [6, 6.07) is 5.24. The summed E-state index contributed by atoms with van der Waals surface area (Å²) in [6.07, 6.45) is 5.01. The van der Waals surface area contributed by atoms with Gasteiger partial charge in [0, 0.05) is 26.2 Å². The third-order valence-corrected chi connectivity index (χ3v) is 4.10. The van der Waals surface area contributed by atoms with Crippen molar-refractivity contribution in [2.75, 3.05) is 31.7 Å². The van der Waals surface area contributed by atoms with Gasteiger partial charge in [0.25, 0.3) is 5.91 Å². The van der Waals surface area contributed by atoms with E-state index in [0.717, 1.165) is 31.4 Å². The van der Waals surface area contributed by atoms with Crippen LogP contribution in [0.25, 0.3) is 0 Å². The molecular formula is C16H25N3O2. The fraction of sp³-hybridized carbons (Fsp3) is 0.562. The lowest BCUT2D eigenvalue weighted by atomic mass is 9.85. The molecule has 0 radical (unpaired) electrons. The monoisotopic (exact) mass is 291 g/mol. The molecule has 1 aromatic carbocycles. The number of carbonyl (C=O) groups is 1. The second kappa shape index (κ2) is 6.35. The van der Waals surface area contributed by atoms with E-state index in [0.29, 0.717) is 17.8 Å². The quantitative estimate of drug-likeness (QED) is 0.742. The Hall–Kier alpha value is -1.75. The third-order valence-electron chi connectivity index (χ3n) is 4.10. The Bertz CT molecular complexity index is 508. The lowest BCUT2D eigenvalue weighted by molar-refractivity contribution is 0.0167. The first-order valence-corrected chi connectivity index (χ1v) is 7.49. The van der Waals surface area contributed by atoms with Crippen molar-refractivity contribution in [2.24, 2.45) is 0 Å². The molecule has 0 spiro atoms.